The largest absolute Gasteiger partial charge is 0.481 e. The number of hydrogen-bond donors (Lipinski definition) is 2. The average Bonchev–Trinajstić information content (AvgIpc) is 2.78. The van der Waals surface area contributed by atoms with Gasteiger partial charge in [0.2, 0.25) is 5.91 Å². The van der Waals surface area contributed by atoms with Crippen molar-refractivity contribution in [2.45, 2.75) is 58.9 Å². The van der Waals surface area contributed by atoms with Crippen LogP contribution in [0.25, 0.3) is 0 Å². The van der Waals surface area contributed by atoms with Gasteiger partial charge in [0.1, 0.15) is 0 Å². The van der Waals surface area contributed by atoms with E-state index in [4.69, 9.17) is 4.74 Å². The summed E-state index contributed by atoms with van der Waals surface area (Å²) < 4.78 is 5.73. The van der Waals surface area contributed by atoms with Crippen LogP contribution in [-0.4, -0.2) is 42.8 Å². The normalized spacial score (nSPS) is 17.1. The first-order valence-corrected chi connectivity index (χ1v) is 11.8. The van der Waals surface area contributed by atoms with Gasteiger partial charge in [-0.05, 0) is 48.4 Å². The molecule has 1 aliphatic heterocycles. The minimum atomic E-state index is -0.816. The smallest absolute Gasteiger partial charge is 0.303 e. The summed E-state index contributed by atoms with van der Waals surface area (Å²) >= 11 is 0. The Kier molecular flexibility index (Phi) is 8.50. The van der Waals surface area contributed by atoms with Crippen molar-refractivity contribution < 1.29 is 19.4 Å². The molecule has 6 heteroatoms. The summed E-state index contributed by atoms with van der Waals surface area (Å²) in [7, 11) is 0. The van der Waals surface area contributed by atoms with Gasteiger partial charge >= 0.3 is 5.97 Å². The van der Waals surface area contributed by atoms with Gasteiger partial charge in [0.15, 0.2) is 0 Å². The van der Waals surface area contributed by atoms with Crippen LogP contribution in [-0.2, 0) is 20.7 Å². The highest BCUT2D eigenvalue weighted by atomic mass is 16.5. The lowest BCUT2D eigenvalue weighted by molar-refractivity contribution is -0.137. The first-order chi connectivity index (χ1) is 15.8. The van der Waals surface area contributed by atoms with Crippen LogP contribution in [0.15, 0.2) is 42.5 Å². The van der Waals surface area contributed by atoms with E-state index < -0.39 is 5.97 Å². The van der Waals surface area contributed by atoms with Gasteiger partial charge in [0.25, 0.3) is 0 Å². The summed E-state index contributed by atoms with van der Waals surface area (Å²) in [5.74, 6) is -0.617. The minimum absolute atomic E-state index is 0.0682. The highest BCUT2D eigenvalue weighted by molar-refractivity contribution is 5.96. The summed E-state index contributed by atoms with van der Waals surface area (Å²) in [6.07, 6.45) is 1.07. The van der Waals surface area contributed by atoms with E-state index in [9.17, 15) is 14.7 Å². The number of rotatable bonds is 9. The maximum Gasteiger partial charge on any atom is 0.303 e. The topological polar surface area (TPSA) is 78.9 Å². The molecule has 1 unspecified atom stereocenters. The fourth-order valence-corrected chi connectivity index (χ4v) is 4.43. The lowest BCUT2D eigenvalue weighted by Gasteiger charge is -2.40. The molecule has 6 nitrogen and oxygen atoms in total. The van der Waals surface area contributed by atoms with Crippen LogP contribution in [0.3, 0.4) is 0 Å². The number of carbonyl (C=O) groups is 2. The molecule has 2 aromatic carbocycles. The Labute approximate surface area is 196 Å². The second kappa shape index (κ2) is 11.3. The van der Waals surface area contributed by atoms with Crippen LogP contribution >= 0.6 is 0 Å². The summed E-state index contributed by atoms with van der Waals surface area (Å²) in [4.78, 5) is 26.7. The minimum Gasteiger partial charge on any atom is -0.481 e. The van der Waals surface area contributed by atoms with Crippen molar-refractivity contribution in [2.75, 3.05) is 30.0 Å². The summed E-state index contributed by atoms with van der Waals surface area (Å²) in [5, 5.41) is 12.5. The molecule has 0 bridgehead atoms. The van der Waals surface area contributed by atoms with Crippen LogP contribution in [0.5, 0.6) is 0 Å². The van der Waals surface area contributed by atoms with Crippen LogP contribution in [0.4, 0.5) is 11.4 Å². The standard InChI is InChI=1S/C27H36N2O4/c1-5-21(16-27(31)32)22-10-11-24(29-12-13-33-17-25(29)18(2)3)23(15-22)28-26(30)14-20-8-6-19(4)7-9-20/h6-11,15,18,21,25H,5,12-14,16-17H2,1-4H3,(H,28,30)(H,31,32)/t21?,25-/m0/s1. The highest BCUT2D eigenvalue weighted by Gasteiger charge is 2.28. The number of carboxylic acid groups (broad SMARTS) is 1. The predicted octanol–water partition coefficient (Wildman–Crippen LogP) is 5.01. The Balaban J connectivity index is 1.93. The zero-order valence-corrected chi connectivity index (χ0v) is 20.1. The number of carboxylic acids is 1. The average molecular weight is 453 g/mol. The molecule has 1 heterocycles. The zero-order chi connectivity index (χ0) is 24.0. The van der Waals surface area contributed by atoms with E-state index in [1.165, 1.54) is 0 Å². The molecule has 1 aliphatic rings. The number of amides is 1. The summed E-state index contributed by atoms with van der Waals surface area (Å²) in [5.41, 5.74) is 4.75. The Morgan fingerprint density at radius 2 is 1.91 bits per heavy atom. The third-order valence-electron chi connectivity index (χ3n) is 6.41. The molecule has 0 aromatic heterocycles. The quantitative estimate of drug-likeness (QED) is 0.559. The molecule has 3 rings (SSSR count). The van der Waals surface area contributed by atoms with Gasteiger partial charge in [-0.3, -0.25) is 9.59 Å². The van der Waals surface area contributed by atoms with Crippen LogP contribution in [0, 0.1) is 12.8 Å². The number of carbonyl (C=O) groups excluding carboxylic acids is 1. The SMILES string of the molecule is CCC(CC(=O)O)c1ccc(N2CCOC[C@H]2C(C)C)c(NC(=O)Cc2ccc(C)cc2)c1. The molecule has 0 aliphatic carbocycles. The number of aryl methyl sites for hydroxylation is 1. The molecular weight excluding hydrogens is 416 g/mol. The molecule has 2 aromatic rings. The van der Waals surface area contributed by atoms with Gasteiger partial charge in [-0.1, -0.05) is 56.7 Å². The second-order valence-corrected chi connectivity index (χ2v) is 9.27. The van der Waals surface area contributed by atoms with E-state index in [2.05, 4.69) is 24.1 Å². The summed E-state index contributed by atoms with van der Waals surface area (Å²) in [6, 6.07) is 14.2. The molecule has 0 spiro atoms. The number of nitrogens with zero attached hydrogens (tertiary/aromatic N) is 1. The molecule has 2 atom stereocenters. The molecule has 1 saturated heterocycles. The molecule has 178 valence electrons. The predicted molar refractivity (Wildman–Crippen MR) is 132 cm³/mol. The van der Waals surface area contributed by atoms with Crippen molar-refractivity contribution in [3.8, 4) is 0 Å². The van der Waals surface area contributed by atoms with E-state index in [1.54, 1.807) is 0 Å². The van der Waals surface area contributed by atoms with Crippen molar-refractivity contribution in [1.29, 1.82) is 0 Å². The van der Waals surface area contributed by atoms with Crippen molar-refractivity contribution >= 4 is 23.3 Å². The lowest BCUT2D eigenvalue weighted by Crippen LogP contribution is -2.48. The Hall–Kier alpha value is -2.86. The van der Waals surface area contributed by atoms with Gasteiger partial charge in [-0.15, -0.1) is 0 Å². The molecule has 1 amide bonds. The number of anilines is 2. The van der Waals surface area contributed by atoms with E-state index in [0.29, 0.717) is 25.6 Å². The number of nitrogens with one attached hydrogen (secondary N) is 1. The molecule has 0 saturated carbocycles. The van der Waals surface area contributed by atoms with Crippen LogP contribution in [0.2, 0.25) is 0 Å². The van der Waals surface area contributed by atoms with Gasteiger partial charge in [0.05, 0.1) is 43.5 Å². The van der Waals surface area contributed by atoms with Crippen molar-refractivity contribution in [2.24, 2.45) is 5.92 Å². The van der Waals surface area contributed by atoms with Gasteiger partial charge in [-0.25, -0.2) is 0 Å². The Morgan fingerprint density at radius 1 is 1.18 bits per heavy atom. The molecule has 1 fully saturated rings. The number of aliphatic carboxylic acids is 1. The second-order valence-electron chi connectivity index (χ2n) is 9.27. The van der Waals surface area contributed by atoms with Crippen molar-refractivity contribution in [3.05, 3.63) is 59.2 Å². The monoisotopic (exact) mass is 452 g/mol. The van der Waals surface area contributed by atoms with E-state index in [1.807, 2.05) is 56.3 Å². The molecule has 0 radical (unpaired) electrons. The third-order valence-corrected chi connectivity index (χ3v) is 6.41. The van der Waals surface area contributed by atoms with Crippen LogP contribution < -0.4 is 10.2 Å². The number of morpholine rings is 1. The Bertz CT molecular complexity index is 955. The zero-order valence-electron chi connectivity index (χ0n) is 20.1. The van der Waals surface area contributed by atoms with Crippen molar-refractivity contribution in [3.63, 3.8) is 0 Å². The van der Waals surface area contributed by atoms with E-state index in [-0.39, 0.29) is 30.7 Å². The Morgan fingerprint density at radius 3 is 2.55 bits per heavy atom. The van der Waals surface area contributed by atoms with Gasteiger partial charge in [-0.2, -0.15) is 0 Å². The van der Waals surface area contributed by atoms with Gasteiger partial charge < -0.3 is 20.1 Å². The van der Waals surface area contributed by atoms with Gasteiger partial charge in [0, 0.05) is 6.54 Å². The van der Waals surface area contributed by atoms with Crippen molar-refractivity contribution in [1.82, 2.24) is 0 Å². The summed E-state index contributed by atoms with van der Waals surface area (Å²) in [6.45, 7) is 10.4. The number of ether oxygens (including phenoxy) is 1. The van der Waals surface area contributed by atoms with E-state index >= 15 is 0 Å². The maximum absolute atomic E-state index is 13.0. The molecule has 2 N–H and O–H groups in total. The van der Waals surface area contributed by atoms with Crippen LogP contribution in [0.1, 0.15) is 56.2 Å². The number of benzene rings is 2. The highest BCUT2D eigenvalue weighted by Crippen LogP contribution is 2.35. The third kappa shape index (κ3) is 6.57. The maximum atomic E-state index is 13.0. The first kappa shape index (κ1) is 24.8. The fraction of sp³-hybridized carbons (Fsp3) is 0.481. The van der Waals surface area contributed by atoms with E-state index in [0.717, 1.165) is 34.6 Å². The number of hydrogen-bond acceptors (Lipinski definition) is 4. The first-order valence-electron chi connectivity index (χ1n) is 11.8. The molecule has 33 heavy (non-hydrogen) atoms. The lowest BCUT2D eigenvalue weighted by atomic mass is 9.92. The fourth-order valence-electron chi connectivity index (χ4n) is 4.43. The molecular formula is C27H36N2O4.